The Hall–Kier alpha value is -3.02. The van der Waals surface area contributed by atoms with Crippen LogP contribution in [0.3, 0.4) is 0 Å². The highest BCUT2D eigenvalue weighted by Crippen LogP contribution is 2.22. The van der Waals surface area contributed by atoms with Gasteiger partial charge in [0.05, 0.1) is 16.8 Å². The van der Waals surface area contributed by atoms with Gasteiger partial charge in [0.15, 0.2) is 11.6 Å². The first-order valence-electron chi connectivity index (χ1n) is 6.22. The van der Waals surface area contributed by atoms with Crippen molar-refractivity contribution in [3.63, 3.8) is 0 Å². The van der Waals surface area contributed by atoms with Crippen LogP contribution in [-0.2, 0) is 0 Å². The number of carbonyl (C=O) groups excluding carboxylic acids is 1. The molecule has 0 unspecified atom stereocenters. The Morgan fingerprint density at radius 3 is 2.76 bits per heavy atom. The summed E-state index contributed by atoms with van der Waals surface area (Å²) < 4.78 is 13.8. The highest BCUT2D eigenvalue weighted by Gasteiger charge is 2.15. The second kappa shape index (κ2) is 5.16. The minimum Gasteiger partial charge on any atom is -0.381 e. The number of aromatic nitrogens is 2. The summed E-state index contributed by atoms with van der Waals surface area (Å²) in [6.07, 6.45) is 2.91. The molecule has 0 aliphatic heterocycles. The summed E-state index contributed by atoms with van der Waals surface area (Å²) in [6, 6.07) is 10.3. The average Bonchev–Trinajstić information content (AvgIpc) is 2.50. The molecule has 21 heavy (non-hydrogen) atoms. The van der Waals surface area contributed by atoms with E-state index in [2.05, 4.69) is 15.3 Å². The number of hydrogen-bond donors (Lipinski definition) is 2. The van der Waals surface area contributed by atoms with E-state index in [1.54, 1.807) is 24.4 Å². The van der Waals surface area contributed by atoms with Crippen molar-refractivity contribution in [1.82, 2.24) is 9.97 Å². The van der Waals surface area contributed by atoms with Crippen LogP contribution >= 0.6 is 0 Å². The highest BCUT2D eigenvalue weighted by molar-refractivity contribution is 6.08. The van der Waals surface area contributed by atoms with Gasteiger partial charge in [0, 0.05) is 17.8 Å². The van der Waals surface area contributed by atoms with Crippen LogP contribution < -0.4 is 11.1 Å². The van der Waals surface area contributed by atoms with Crippen LogP contribution in [0.15, 0.2) is 48.8 Å². The van der Waals surface area contributed by atoms with Crippen LogP contribution in [0.4, 0.5) is 15.9 Å². The molecular formula is C15H11FN4O. The topological polar surface area (TPSA) is 80.9 Å². The fraction of sp³-hybridized carbons (Fsp3) is 0. The number of carbonyl (C=O) groups is 1. The van der Waals surface area contributed by atoms with Crippen LogP contribution in [0, 0.1) is 5.82 Å². The van der Waals surface area contributed by atoms with Gasteiger partial charge in [-0.05, 0) is 18.2 Å². The maximum atomic E-state index is 13.8. The molecule has 3 N–H and O–H groups in total. The van der Waals surface area contributed by atoms with E-state index < -0.39 is 11.7 Å². The summed E-state index contributed by atoms with van der Waals surface area (Å²) in [4.78, 5) is 20.0. The summed E-state index contributed by atoms with van der Waals surface area (Å²) in [6.45, 7) is 0. The standard InChI is InChI=1S/C15H11FN4O/c16-12-10(6-8-19-14(12)17)15(21)20-11-5-1-3-9-4-2-7-18-13(9)11/h1-8H,(H2,17,19)(H,20,21). The van der Waals surface area contributed by atoms with Crippen molar-refractivity contribution in [2.24, 2.45) is 0 Å². The fourth-order valence-corrected chi connectivity index (χ4v) is 2.03. The molecule has 2 aromatic heterocycles. The Balaban J connectivity index is 1.99. The lowest BCUT2D eigenvalue weighted by molar-refractivity contribution is 0.102. The zero-order valence-electron chi connectivity index (χ0n) is 10.9. The van der Waals surface area contributed by atoms with Crippen LogP contribution in [0.5, 0.6) is 0 Å². The third-order valence-electron chi connectivity index (χ3n) is 3.04. The van der Waals surface area contributed by atoms with Gasteiger partial charge >= 0.3 is 0 Å². The smallest absolute Gasteiger partial charge is 0.258 e. The number of amides is 1. The molecule has 0 atom stereocenters. The summed E-state index contributed by atoms with van der Waals surface area (Å²) in [7, 11) is 0. The molecule has 1 amide bonds. The summed E-state index contributed by atoms with van der Waals surface area (Å²) >= 11 is 0. The van der Waals surface area contributed by atoms with Crippen molar-refractivity contribution in [3.8, 4) is 0 Å². The Morgan fingerprint density at radius 2 is 1.90 bits per heavy atom. The first kappa shape index (κ1) is 13.0. The molecule has 1 aromatic carbocycles. The lowest BCUT2D eigenvalue weighted by atomic mass is 10.1. The first-order chi connectivity index (χ1) is 10.2. The van der Waals surface area contributed by atoms with Crippen molar-refractivity contribution < 1.29 is 9.18 Å². The third kappa shape index (κ3) is 2.38. The van der Waals surface area contributed by atoms with Crippen molar-refractivity contribution in [2.75, 3.05) is 11.1 Å². The predicted molar refractivity (Wildman–Crippen MR) is 78.3 cm³/mol. The van der Waals surface area contributed by atoms with Crippen LogP contribution in [0.2, 0.25) is 0 Å². The molecule has 0 fully saturated rings. The van der Waals surface area contributed by atoms with E-state index in [9.17, 15) is 9.18 Å². The molecule has 0 bridgehead atoms. The molecule has 0 aliphatic rings. The largest absolute Gasteiger partial charge is 0.381 e. The lowest BCUT2D eigenvalue weighted by Crippen LogP contribution is -2.15. The second-order valence-electron chi connectivity index (χ2n) is 4.39. The molecule has 2 heterocycles. The Morgan fingerprint density at radius 1 is 1.10 bits per heavy atom. The second-order valence-corrected chi connectivity index (χ2v) is 4.39. The zero-order valence-corrected chi connectivity index (χ0v) is 10.9. The van der Waals surface area contributed by atoms with Gasteiger partial charge in [-0.1, -0.05) is 18.2 Å². The van der Waals surface area contributed by atoms with Crippen molar-refractivity contribution in [1.29, 1.82) is 0 Å². The van der Waals surface area contributed by atoms with Crippen LogP contribution in [0.1, 0.15) is 10.4 Å². The van der Waals surface area contributed by atoms with Gasteiger partial charge in [0.2, 0.25) is 0 Å². The number of hydrogen-bond acceptors (Lipinski definition) is 4. The number of para-hydroxylation sites is 1. The molecule has 6 heteroatoms. The highest BCUT2D eigenvalue weighted by atomic mass is 19.1. The van der Waals surface area contributed by atoms with Crippen LogP contribution in [-0.4, -0.2) is 15.9 Å². The van der Waals surface area contributed by atoms with Gasteiger partial charge in [0.25, 0.3) is 5.91 Å². The van der Waals surface area contributed by atoms with E-state index >= 15 is 0 Å². The first-order valence-corrected chi connectivity index (χ1v) is 6.22. The van der Waals surface area contributed by atoms with Crippen molar-refractivity contribution in [2.45, 2.75) is 0 Å². The van der Waals surface area contributed by atoms with E-state index in [-0.39, 0.29) is 11.4 Å². The number of halogens is 1. The molecule has 0 spiro atoms. The van der Waals surface area contributed by atoms with Crippen molar-refractivity contribution >= 4 is 28.3 Å². The molecule has 0 aliphatic carbocycles. The van der Waals surface area contributed by atoms with E-state index in [0.29, 0.717) is 11.2 Å². The number of nitrogen functional groups attached to an aromatic ring is 1. The van der Waals surface area contributed by atoms with Gasteiger partial charge in [-0.15, -0.1) is 0 Å². The number of nitrogens with two attached hydrogens (primary N) is 1. The van der Waals surface area contributed by atoms with Crippen LogP contribution in [0.25, 0.3) is 10.9 Å². The molecular weight excluding hydrogens is 271 g/mol. The predicted octanol–water partition coefficient (Wildman–Crippen LogP) is 2.60. The van der Waals surface area contributed by atoms with E-state index in [1.165, 1.54) is 12.3 Å². The monoisotopic (exact) mass is 282 g/mol. The fourth-order valence-electron chi connectivity index (χ4n) is 2.03. The quantitative estimate of drug-likeness (QED) is 0.757. The van der Waals surface area contributed by atoms with Gasteiger partial charge in [-0.25, -0.2) is 9.37 Å². The van der Waals surface area contributed by atoms with E-state index in [4.69, 9.17) is 5.73 Å². The molecule has 0 saturated carbocycles. The van der Waals surface area contributed by atoms with Gasteiger partial charge in [0.1, 0.15) is 0 Å². The molecule has 104 valence electrons. The molecule has 3 aromatic rings. The zero-order chi connectivity index (χ0) is 14.8. The number of nitrogens with one attached hydrogen (secondary N) is 1. The third-order valence-corrected chi connectivity index (χ3v) is 3.04. The molecule has 5 nitrogen and oxygen atoms in total. The van der Waals surface area contributed by atoms with Crippen molar-refractivity contribution in [3.05, 3.63) is 60.2 Å². The molecule has 3 rings (SSSR count). The van der Waals surface area contributed by atoms with Gasteiger partial charge in [-0.2, -0.15) is 0 Å². The number of nitrogens with zero attached hydrogens (tertiary/aromatic N) is 2. The number of rotatable bonds is 2. The van der Waals surface area contributed by atoms with Gasteiger partial charge in [-0.3, -0.25) is 9.78 Å². The average molecular weight is 282 g/mol. The Labute approximate surface area is 119 Å². The summed E-state index contributed by atoms with van der Waals surface area (Å²) in [5.74, 6) is -1.73. The minimum atomic E-state index is -0.830. The number of benzene rings is 1. The molecule has 0 radical (unpaired) electrons. The Bertz CT molecular complexity index is 830. The van der Waals surface area contributed by atoms with E-state index in [1.807, 2.05) is 12.1 Å². The SMILES string of the molecule is Nc1nccc(C(=O)Nc2cccc3cccnc23)c1F. The molecule has 0 saturated heterocycles. The number of pyridine rings is 2. The lowest BCUT2D eigenvalue weighted by Gasteiger charge is -2.09. The minimum absolute atomic E-state index is 0.157. The normalized spacial score (nSPS) is 10.5. The maximum Gasteiger partial charge on any atom is 0.258 e. The number of fused-ring (bicyclic) bond motifs is 1. The number of anilines is 2. The maximum absolute atomic E-state index is 13.8. The van der Waals surface area contributed by atoms with E-state index in [0.717, 1.165) is 5.39 Å². The van der Waals surface area contributed by atoms with Gasteiger partial charge < -0.3 is 11.1 Å². The summed E-state index contributed by atoms with van der Waals surface area (Å²) in [5.41, 5.74) is 6.35. The summed E-state index contributed by atoms with van der Waals surface area (Å²) in [5, 5.41) is 3.52. The Kier molecular flexibility index (Phi) is 3.19.